The molecule has 0 saturated heterocycles. The topological polar surface area (TPSA) is 107 Å². The second-order valence-corrected chi connectivity index (χ2v) is 4.37. The van der Waals surface area contributed by atoms with E-state index in [-0.39, 0.29) is 12.3 Å². The molecule has 100 valence electrons. The average Bonchev–Trinajstić information content (AvgIpc) is 2.75. The Bertz CT molecular complexity index is 658. The number of aryl methyl sites for hydroxylation is 1. The van der Waals surface area contributed by atoms with Crippen molar-refractivity contribution in [3.05, 3.63) is 35.1 Å². The van der Waals surface area contributed by atoms with E-state index in [1.54, 1.807) is 6.92 Å². The number of hydrazine groups is 1. The molecule has 0 saturated carbocycles. The summed E-state index contributed by atoms with van der Waals surface area (Å²) in [5, 5.41) is 4.50. The van der Waals surface area contributed by atoms with Crippen molar-refractivity contribution in [2.24, 2.45) is 16.8 Å². The maximum atomic E-state index is 11.5. The molecule has 6 heteroatoms. The average molecular weight is 260 g/mol. The van der Waals surface area contributed by atoms with Gasteiger partial charge in [-0.2, -0.15) is 5.10 Å². The minimum Gasteiger partial charge on any atom is -0.454 e. The second-order valence-electron chi connectivity index (χ2n) is 4.37. The molecule has 0 aliphatic carbocycles. The molecule has 6 nitrogen and oxygen atoms in total. The molecular formula is C13H16N4O2. The normalized spacial score (nSPS) is 11.8. The first-order valence-electron chi connectivity index (χ1n) is 5.83. The Hall–Kier alpha value is -2.34. The van der Waals surface area contributed by atoms with E-state index in [0.717, 1.165) is 16.5 Å². The molecule has 0 spiro atoms. The summed E-state index contributed by atoms with van der Waals surface area (Å²) in [6.07, 6.45) is 0.120. The lowest BCUT2D eigenvalue weighted by Crippen LogP contribution is -2.31. The molecule has 2 aromatic rings. The Kier molecular flexibility index (Phi) is 3.52. The van der Waals surface area contributed by atoms with Crippen LogP contribution in [-0.4, -0.2) is 11.6 Å². The molecule has 19 heavy (non-hydrogen) atoms. The third-order valence-corrected chi connectivity index (χ3v) is 2.97. The quantitative estimate of drug-likeness (QED) is 0.330. The summed E-state index contributed by atoms with van der Waals surface area (Å²) in [7, 11) is 0. The van der Waals surface area contributed by atoms with Crippen LogP contribution in [0.2, 0.25) is 0 Å². The largest absolute Gasteiger partial charge is 0.454 e. The van der Waals surface area contributed by atoms with E-state index in [1.165, 1.54) is 0 Å². The summed E-state index contributed by atoms with van der Waals surface area (Å²) in [5.41, 5.74) is 5.17. The van der Waals surface area contributed by atoms with Gasteiger partial charge in [0.1, 0.15) is 5.58 Å². The van der Waals surface area contributed by atoms with Crippen molar-refractivity contribution >= 4 is 22.6 Å². The molecule has 2 rings (SSSR count). The number of amides is 1. The molecule has 1 aromatic carbocycles. The van der Waals surface area contributed by atoms with Gasteiger partial charge >= 0.3 is 0 Å². The van der Waals surface area contributed by atoms with Gasteiger partial charge in [-0.05, 0) is 25.5 Å². The number of rotatable bonds is 3. The Balaban J connectivity index is 2.64. The van der Waals surface area contributed by atoms with E-state index in [4.69, 9.17) is 16.1 Å². The Morgan fingerprint density at radius 1 is 1.47 bits per heavy atom. The van der Waals surface area contributed by atoms with Gasteiger partial charge in [0, 0.05) is 10.9 Å². The number of fused-ring (bicyclic) bond motifs is 1. The van der Waals surface area contributed by atoms with Crippen molar-refractivity contribution in [1.29, 1.82) is 0 Å². The molecule has 0 fully saturated rings. The lowest BCUT2D eigenvalue weighted by Gasteiger charge is -2.01. The van der Waals surface area contributed by atoms with E-state index in [2.05, 4.69) is 10.5 Å². The van der Waals surface area contributed by atoms with Crippen LogP contribution >= 0.6 is 0 Å². The zero-order valence-corrected chi connectivity index (χ0v) is 10.9. The van der Waals surface area contributed by atoms with Gasteiger partial charge in [0.2, 0.25) is 5.91 Å². The van der Waals surface area contributed by atoms with E-state index in [0.29, 0.717) is 17.1 Å². The highest BCUT2D eigenvalue weighted by atomic mass is 16.3. The molecule has 0 radical (unpaired) electrons. The number of hydrazone groups is 1. The maximum absolute atomic E-state index is 11.5. The Morgan fingerprint density at radius 3 is 2.84 bits per heavy atom. The van der Waals surface area contributed by atoms with Crippen LogP contribution in [0.15, 0.2) is 27.7 Å². The standard InChI is InChI=1S/C13H16N4O2/c1-7-3-4-9-10(6-12(18)17-15)13(8(2)16-14)19-11(9)5-7/h3-5H,6,14-15H2,1-2H3,(H,17,18)/b16-8-. The Morgan fingerprint density at radius 2 is 2.21 bits per heavy atom. The van der Waals surface area contributed by atoms with E-state index in [1.807, 2.05) is 25.1 Å². The highest BCUT2D eigenvalue weighted by molar-refractivity contribution is 6.03. The number of nitrogens with two attached hydrogens (primary N) is 2. The number of carbonyl (C=O) groups is 1. The number of carbonyl (C=O) groups excluding carboxylic acids is 1. The summed E-state index contributed by atoms with van der Waals surface area (Å²) in [6.45, 7) is 3.70. The highest BCUT2D eigenvalue weighted by Gasteiger charge is 2.18. The van der Waals surface area contributed by atoms with E-state index < -0.39 is 0 Å². The Labute approximate surface area is 110 Å². The molecule has 1 amide bonds. The van der Waals surface area contributed by atoms with Crippen LogP contribution in [0.1, 0.15) is 23.8 Å². The second kappa shape index (κ2) is 5.11. The molecule has 0 aliphatic heterocycles. The monoisotopic (exact) mass is 260 g/mol. The zero-order valence-electron chi connectivity index (χ0n) is 10.9. The number of nitrogens with one attached hydrogen (secondary N) is 1. The number of benzene rings is 1. The SMILES string of the molecule is C/C(=N/N)c1oc2cc(C)ccc2c1CC(=O)NN. The maximum Gasteiger partial charge on any atom is 0.238 e. The van der Waals surface area contributed by atoms with Crippen LogP contribution in [0.25, 0.3) is 11.0 Å². The smallest absolute Gasteiger partial charge is 0.238 e. The first-order chi connectivity index (χ1) is 9.06. The van der Waals surface area contributed by atoms with Crippen LogP contribution in [0, 0.1) is 6.92 Å². The fourth-order valence-electron chi connectivity index (χ4n) is 2.00. The summed E-state index contributed by atoms with van der Waals surface area (Å²) in [5.74, 6) is 10.6. The predicted octanol–water partition coefficient (Wildman–Crippen LogP) is 0.956. The van der Waals surface area contributed by atoms with Gasteiger partial charge in [-0.1, -0.05) is 12.1 Å². The number of hydrogen-bond donors (Lipinski definition) is 3. The van der Waals surface area contributed by atoms with Crippen molar-refractivity contribution in [2.45, 2.75) is 20.3 Å². The van der Waals surface area contributed by atoms with Crippen molar-refractivity contribution in [3.63, 3.8) is 0 Å². The summed E-state index contributed by atoms with van der Waals surface area (Å²) in [6, 6.07) is 5.79. The fraction of sp³-hybridized carbons (Fsp3) is 0.231. The number of hydrogen-bond acceptors (Lipinski definition) is 5. The van der Waals surface area contributed by atoms with Crippen LogP contribution < -0.4 is 17.1 Å². The van der Waals surface area contributed by atoms with Crippen molar-refractivity contribution in [2.75, 3.05) is 0 Å². The third-order valence-electron chi connectivity index (χ3n) is 2.97. The zero-order chi connectivity index (χ0) is 14.0. The van der Waals surface area contributed by atoms with Crippen LogP contribution in [0.4, 0.5) is 0 Å². The van der Waals surface area contributed by atoms with Gasteiger partial charge in [-0.3, -0.25) is 10.2 Å². The summed E-state index contributed by atoms with van der Waals surface area (Å²) < 4.78 is 5.75. The molecule has 0 unspecified atom stereocenters. The van der Waals surface area contributed by atoms with Gasteiger partial charge in [0.25, 0.3) is 0 Å². The predicted molar refractivity (Wildman–Crippen MR) is 73.4 cm³/mol. The minimum atomic E-state index is -0.297. The van der Waals surface area contributed by atoms with Gasteiger partial charge in [0.05, 0.1) is 12.1 Å². The molecule has 5 N–H and O–H groups in total. The molecular weight excluding hydrogens is 244 g/mol. The van der Waals surface area contributed by atoms with Crippen LogP contribution in [0.5, 0.6) is 0 Å². The van der Waals surface area contributed by atoms with Crippen molar-refractivity contribution in [3.8, 4) is 0 Å². The van der Waals surface area contributed by atoms with E-state index >= 15 is 0 Å². The van der Waals surface area contributed by atoms with Gasteiger partial charge in [0.15, 0.2) is 5.76 Å². The summed E-state index contributed by atoms with van der Waals surface area (Å²) >= 11 is 0. The molecule has 1 heterocycles. The third kappa shape index (κ3) is 2.43. The first-order valence-corrected chi connectivity index (χ1v) is 5.83. The molecule has 0 aliphatic rings. The lowest BCUT2D eigenvalue weighted by atomic mass is 10.0. The molecule has 1 aromatic heterocycles. The van der Waals surface area contributed by atoms with Crippen LogP contribution in [0.3, 0.4) is 0 Å². The highest BCUT2D eigenvalue weighted by Crippen LogP contribution is 2.27. The first kappa shape index (κ1) is 13.1. The van der Waals surface area contributed by atoms with Gasteiger partial charge < -0.3 is 10.3 Å². The molecule has 0 atom stereocenters. The molecule has 0 bridgehead atoms. The fourth-order valence-corrected chi connectivity index (χ4v) is 2.00. The minimum absolute atomic E-state index is 0.120. The number of furan rings is 1. The van der Waals surface area contributed by atoms with Crippen molar-refractivity contribution < 1.29 is 9.21 Å². The van der Waals surface area contributed by atoms with Crippen molar-refractivity contribution in [1.82, 2.24) is 5.43 Å². The van der Waals surface area contributed by atoms with E-state index in [9.17, 15) is 4.79 Å². The van der Waals surface area contributed by atoms with Gasteiger partial charge in [-0.15, -0.1) is 0 Å². The van der Waals surface area contributed by atoms with Crippen LogP contribution in [-0.2, 0) is 11.2 Å². The lowest BCUT2D eigenvalue weighted by molar-refractivity contribution is -0.120. The van der Waals surface area contributed by atoms with Gasteiger partial charge in [-0.25, -0.2) is 5.84 Å². The summed E-state index contributed by atoms with van der Waals surface area (Å²) in [4.78, 5) is 11.5. The number of nitrogens with zero attached hydrogens (tertiary/aromatic N) is 1.